The van der Waals surface area contributed by atoms with E-state index in [0.717, 1.165) is 6.42 Å². The minimum Gasteiger partial charge on any atom is -0.368 e. The summed E-state index contributed by atoms with van der Waals surface area (Å²) < 4.78 is 0. The molecule has 2 amide bonds. The molecule has 0 saturated carbocycles. The van der Waals surface area contributed by atoms with Gasteiger partial charge in [0, 0.05) is 13.1 Å². The predicted octanol–water partition coefficient (Wildman–Crippen LogP) is -1.66. The van der Waals surface area contributed by atoms with Gasteiger partial charge >= 0.3 is 0 Å². The van der Waals surface area contributed by atoms with E-state index in [-0.39, 0.29) is 23.3 Å². The van der Waals surface area contributed by atoms with Crippen molar-refractivity contribution in [3.05, 3.63) is 0 Å². The van der Waals surface area contributed by atoms with Crippen LogP contribution in [-0.2, 0) is 9.59 Å². The topological polar surface area (TPSA) is 84.2 Å². The second-order valence-corrected chi connectivity index (χ2v) is 3.83. The van der Waals surface area contributed by atoms with E-state index in [0.29, 0.717) is 19.5 Å². The van der Waals surface area contributed by atoms with E-state index < -0.39 is 0 Å². The molecule has 2 rings (SSSR count). The maximum absolute atomic E-state index is 11.5. The molecule has 2 aliphatic rings. The number of carbonyl (C=O) groups is 2. The van der Waals surface area contributed by atoms with E-state index in [4.69, 9.17) is 5.73 Å². The smallest absolute Gasteiger partial charge is 0.234 e. The zero-order valence-electron chi connectivity index (χ0n) is 7.30. The zero-order chi connectivity index (χ0) is 9.47. The van der Waals surface area contributed by atoms with E-state index in [1.165, 1.54) is 0 Å². The van der Waals surface area contributed by atoms with Crippen molar-refractivity contribution in [3.63, 3.8) is 0 Å². The first kappa shape index (κ1) is 8.50. The van der Waals surface area contributed by atoms with Gasteiger partial charge in [-0.25, -0.2) is 0 Å². The number of rotatable bonds is 1. The molecule has 0 radical (unpaired) electrons. The molecule has 2 atom stereocenters. The summed E-state index contributed by atoms with van der Waals surface area (Å²) in [7, 11) is 0. The van der Waals surface area contributed by atoms with Gasteiger partial charge in [-0.3, -0.25) is 9.59 Å². The summed E-state index contributed by atoms with van der Waals surface area (Å²) in [4.78, 5) is 22.3. The first-order valence-corrected chi connectivity index (χ1v) is 4.45. The second-order valence-electron chi connectivity index (χ2n) is 3.83. The van der Waals surface area contributed by atoms with Gasteiger partial charge in [-0.1, -0.05) is 0 Å². The third-order valence-electron chi connectivity index (χ3n) is 3.00. The Kier molecular flexibility index (Phi) is 1.76. The molecule has 5 nitrogen and oxygen atoms in total. The van der Waals surface area contributed by atoms with E-state index in [1.807, 2.05) is 0 Å². The second kappa shape index (κ2) is 2.70. The van der Waals surface area contributed by atoms with Crippen molar-refractivity contribution >= 4 is 11.8 Å². The molecule has 2 saturated heterocycles. The molecule has 0 aromatic heterocycles. The average molecular weight is 183 g/mol. The molecule has 2 aliphatic heterocycles. The Morgan fingerprint density at radius 1 is 1.62 bits per heavy atom. The fourth-order valence-corrected chi connectivity index (χ4v) is 2.13. The van der Waals surface area contributed by atoms with Gasteiger partial charge < -0.3 is 16.4 Å². The summed E-state index contributed by atoms with van der Waals surface area (Å²) in [5.41, 5.74) is 4.80. The van der Waals surface area contributed by atoms with E-state index in [9.17, 15) is 9.59 Å². The maximum atomic E-state index is 11.5. The van der Waals surface area contributed by atoms with Crippen LogP contribution in [0.1, 0.15) is 12.8 Å². The van der Waals surface area contributed by atoms with Gasteiger partial charge in [0.25, 0.3) is 0 Å². The van der Waals surface area contributed by atoms with Gasteiger partial charge in [0.05, 0.1) is 11.5 Å². The Morgan fingerprint density at radius 2 is 2.38 bits per heavy atom. The molecule has 0 unspecified atom stereocenters. The summed E-state index contributed by atoms with van der Waals surface area (Å²) >= 11 is 0. The van der Waals surface area contributed by atoms with Crippen LogP contribution in [0.3, 0.4) is 0 Å². The van der Waals surface area contributed by atoms with E-state index in [1.54, 1.807) is 0 Å². The van der Waals surface area contributed by atoms with Gasteiger partial charge in [0.15, 0.2) is 0 Å². The Hall–Kier alpha value is -1.10. The molecule has 0 aromatic carbocycles. The van der Waals surface area contributed by atoms with Crippen molar-refractivity contribution in [2.75, 3.05) is 13.1 Å². The Balaban J connectivity index is 2.12. The van der Waals surface area contributed by atoms with Crippen LogP contribution in [0.4, 0.5) is 0 Å². The van der Waals surface area contributed by atoms with Crippen LogP contribution in [0.5, 0.6) is 0 Å². The molecular formula is C8H13N3O2. The number of carbonyl (C=O) groups excluding carboxylic acids is 2. The molecule has 0 aromatic rings. The number of hydrogen-bond donors (Lipinski definition) is 3. The van der Waals surface area contributed by atoms with Gasteiger partial charge in [0.1, 0.15) is 0 Å². The highest BCUT2D eigenvalue weighted by Gasteiger charge is 2.49. The van der Waals surface area contributed by atoms with E-state index in [2.05, 4.69) is 10.6 Å². The normalized spacial score (nSPS) is 38.2. The van der Waals surface area contributed by atoms with Crippen LogP contribution >= 0.6 is 0 Å². The molecule has 13 heavy (non-hydrogen) atoms. The van der Waals surface area contributed by atoms with Crippen LogP contribution < -0.4 is 16.4 Å². The van der Waals surface area contributed by atoms with Gasteiger partial charge in [-0.2, -0.15) is 0 Å². The van der Waals surface area contributed by atoms with Crippen LogP contribution in [0.25, 0.3) is 0 Å². The number of amides is 2. The summed E-state index contributed by atoms with van der Waals surface area (Å²) in [5.74, 6) is -0.305. The quantitative estimate of drug-likeness (QED) is 0.455. The molecule has 72 valence electrons. The standard InChI is InChI=1S/C8H13N3O2/c9-6(12)5-3-8(4-11-5)1-2-10-7(8)13/h5,11H,1-4H2,(H2,9,12)(H,10,13)/t5-,8-/m0/s1. The number of nitrogens with two attached hydrogens (primary N) is 1. The lowest BCUT2D eigenvalue weighted by atomic mass is 9.84. The minimum absolute atomic E-state index is 0.0590. The molecule has 2 fully saturated rings. The summed E-state index contributed by atoms with van der Waals surface area (Å²) in [6, 6.07) is -0.330. The lowest BCUT2D eigenvalue weighted by molar-refractivity contribution is -0.126. The third kappa shape index (κ3) is 1.19. The van der Waals surface area contributed by atoms with Crippen molar-refractivity contribution in [3.8, 4) is 0 Å². The van der Waals surface area contributed by atoms with Crippen LogP contribution in [0.15, 0.2) is 0 Å². The first-order valence-electron chi connectivity index (χ1n) is 4.45. The molecule has 2 heterocycles. The molecule has 4 N–H and O–H groups in total. The highest BCUT2D eigenvalue weighted by molar-refractivity contribution is 5.88. The Labute approximate surface area is 76.0 Å². The average Bonchev–Trinajstić information content (AvgIpc) is 2.63. The van der Waals surface area contributed by atoms with Crippen molar-refractivity contribution in [2.24, 2.45) is 11.1 Å². The monoisotopic (exact) mass is 183 g/mol. The largest absolute Gasteiger partial charge is 0.368 e. The molecular weight excluding hydrogens is 170 g/mol. The molecule has 1 spiro atoms. The Morgan fingerprint density at radius 3 is 2.85 bits per heavy atom. The Bertz CT molecular complexity index is 266. The summed E-state index contributed by atoms with van der Waals surface area (Å²) in [6.07, 6.45) is 1.36. The lowest BCUT2D eigenvalue weighted by Crippen LogP contribution is -2.36. The van der Waals surface area contributed by atoms with Crippen molar-refractivity contribution < 1.29 is 9.59 Å². The van der Waals surface area contributed by atoms with E-state index >= 15 is 0 Å². The number of primary amides is 1. The molecule has 5 heteroatoms. The third-order valence-corrected chi connectivity index (χ3v) is 3.00. The van der Waals surface area contributed by atoms with Crippen LogP contribution in [0, 0.1) is 5.41 Å². The number of nitrogens with one attached hydrogen (secondary N) is 2. The number of hydrogen-bond acceptors (Lipinski definition) is 3. The van der Waals surface area contributed by atoms with Gasteiger partial charge in [-0.15, -0.1) is 0 Å². The lowest BCUT2D eigenvalue weighted by Gasteiger charge is -2.16. The van der Waals surface area contributed by atoms with Crippen molar-refractivity contribution in [1.29, 1.82) is 0 Å². The van der Waals surface area contributed by atoms with Gasteiger partial charge in [-0.05, 0) is 12.8 Å². The highest BCUT2D eigenvalue weighted by Crippen LogP contribution is 2.35. The summed E-state index contributed by atoms with van der Waals surface area (Å²) in [6.45, 7) is 1.29. The fourth-order valence-electron chi connectivity index (χ4n) is 2.13. The van der Waals surface area contributed by atoms with Crippen molar-refractivity contribution in [2.45, 2.75) is 18.9 Å². The summed E-state index contributed by atoms with van der Waals surface area (Å²) in [5, 5.41) is 5.76. The maximum Gasteiger partial charge on any atom is 0.234 e. The molecule has 0 bridgehead atoms. The first-order chi connectivity index (χ1) is 6.14. The fraction of sp³-hybridized carbons (Fsp3) is 0.750. The SMILES string of the molecule is NC(=O)[C@@H]1C[C@@]2(CCNC2=O)CN1. The van der Waals surface area contributed by atoms with Crippen LogP contribution in [-0.4, -0.2) is 30.9 Å². The minimum atomic E-state index is -0.364. The zero-order valence-corrected chi connectivity index (χ0v) is 7.30. The van der Waals surface area contributed by atoms with Crippen molar-refractivity contribution in [1.82, 2.24) is 10.6 Å². The van der Waals surface area contributed by atoms with Gasteiger partial charge in [0.2, 0.25) is 11.8 Å². The predicted molar refractivity (Wildman–Crippen MR) is 45.7 cm³/mol. The van der Waals surface area contributed by atoms with Crippen LogP contribution in [0.2, 0.25) is 0 Å². The highest BCUT2D eigenvalue weighted by atomic mass is 16.2. The molecule has 0 aliphatic carbocycles.